The van der Waals surface area contributed by atoms with Gasteiger partial charge in [0.25, 0.3) is 11.5 Å². The molecule has 2 aromatic rings. The van der Waals surface area contributed by atoms with E-state index < -0.39 is 0 Å². The number of aromatic nitrogens is 2. The lowest BCUT2D eigenvalue weighted by atomic mass is 10.1. The Morgan fingerprint density at radius 2 is 1.69 bits per heavy atom. The Morgan fingerprint density at radius 1 is 1.00 bits per heavy atom. The Kier molecular flexibility index (Phi) is 5.69. The third kappa shape index (κ3) is 4.06. The average molecular weight is 397 g/mol. The molecule has 154 valence electrons. The van der Waals surface area contributed by atoms with Gasteiger partial charge in [0.05, 0.1) is 12.8 Å². The van der Waals surface area contributed by atoms with Gasteiger partial charge in [-0.15, -0.1) is 0 Å². The third-order valence-electron chi connectivity index (χ3n) is 5.66. The van der Waals surface area contributed by atoms with Crippen LogP contribution >= 0.6 is 0 Å². The Balaban J connectivity index is 1.43. The number of H-pyrrole nitrogens is 1. The van der Waals surface area contributed by atoms with E-state index in [0.717, 1.165) is 56.9 Å². The summed E-state index contributed by atoms with van der Waals surface area (Å²) in [6.45, 7) is 4.45. The summed E-state index contributed by atoms with van der Waals surface area (Å²) >= 11 is 0. The van der Waals surface area contributed by atoms with Crippen LogP contribution in [0.1, 0.15) is 29.6 Å². The molecule has 0 spiro atoms. The highest BCUT2D eigenvalue weighted by Crippen LogP contribution is 2.28. The highest BCUT2D eigenvalue weighted by Gasteiger charge is 2.24. The summed E-state index contributed by atoms with van der Waals surface area (Å²) in [7, 11) is 1.68. The molecule has 1 aromatic heterocycles. The maximum Gasteiger partial charge on any atom is 0.265 e. The molecular weight excluding hydrogens is 370 g/mol. The highest BCUT2D eigenvalue weighted by atomic mass is 16.5. The second-order valence-corrected chi connectivity index (χ2v) is 7.45. The van der Waals surface area contributed by atoms with Crippen LogP contribution in [-0.4, -0.2) is 67.2 Å². The van der Waals surface area contributed by atoms with Gasteiger partial charge in [0.1, 0.15) is 11.3 Å². The van der Waals surface area contributed by atoms with Gasteiger partial charge in [-0.2, -0.15) is 0 Å². The minimum absolute atomic E-state index is 0.128. The number of aromatic amines is 1. The van der Waals surface area contributed by atoms with Crippen molar-refractivity contribution in [2.24, 2.45) is 0 Å². The minimum Gasteiger partial charge on any atom is -0.495 e. The second kappa shape index (κ2) is 8.55. The van der Waals surface area contributed by atoms with Crippen molar-refractivity contribution in [3.05, 3.63) is 46.4 Å². The summed E-state index contributed by atoms with van der Waals surface area (Å²) in [6, 6.07) is 7.97. The number of benzene rings is 1. The van der Waals surface area contributed by atoms with Gasteiger partial charge in [-0.05, 0) is 31.4 Å². The zero-order chi connectivity index (χ0) is 20.2. The van der Waals surface area contributed by atoms with Crippen LogP contribution in [0.25, 0.3) is 0 Å². The van der Waals surface area contributed by atoms with Crippen molar-refractivity contribution in [2.75, 3.05) is 56.2 Å². The van der Waals surface area contributed by atoms with Crippen LogP contribution in [0.2, 0.25) is 0 Å². The standard InChI is InChI=1S/C21H27N5O3/c1-29-18-8-4-3-7-17(18)24-11-13-26(14-12-24)21-22-15-16(19(27)23-21)20(28)25-9-5-2-6-10-25/h3-4,7-8,15H,2,5-6,9-14H2,1H3,(H,22,23,27). The Morgan fingerprint density at radius 3 is 2.38 bits per heavy atom. The van der Waals surface area contributed by atoms with Crippen molar-refractivity contribution >= 4 is 17.5 Å². The van der Waals surface area contributed by atoms with Gasteiger partial charge in [-0.3, -0.25) is 14.6 Å². The van der Waals surface area contributed by atoms with Gasteiger partial charge in [-0.25, -0.2) is 4.98 Å². The number of rotatable bonds is 4. The molecule has 2 aliphatic rings. The summed E-state index contributed by atoms with van der Waals surface area (Å²) in [6.07, 6.45) is 4.55. The Hall–Kier alpha value is -3.03. The van der Waals surface area contributed by atoms with Crippen molar-refractivity contribution in [3.63, 3.8) is 0 Å². The normalized spacial score (nSPS) is 17.3. The summed E-state index contributed by atoms with van der Waals surface area (Å²) in [5.74, 6) is 1.16. The number of amides is 1. The topological polar surface area (TPSA) is 81.8 Å². The highest BCUT2D eigenvalue weighted by molar-refractivity contribution is 5.93. The van der Waals surface area contributed by atoms with Crippen molar-refractivity contribution in [2.45, 2.75) is 19.3 Å². The molecule has 0 unspecified atom stereocenters. The SMILES string of the molecule is COc1ccccc1N1CCN(c2ncc(C(=O)N3CCCCC3)c(=O)[nH]2)CC1. The van der Waals surface area contributed by atoms with Crippen LogP contribution < -0.4 is 20.1 Å². The molecular formula is C21H27N5O3. The maximum absolute atomic E-state index is 12.6. The first-order chi connectivity index (χ1) is 14.2. The second-order valence-electron chi connectivity index (χ2n) is 7.45. The van der Waals surface area contributed by atoms with Gasteiger partial charge in [0, 0.05) is 45.5 Å². The predicted octanol–water partition coefficient (Wildman–Crippen LogP) is 1.73. The van der Waals surface area contributed by atoms with Crippen molar-refractivity contribution in [3.8, 4) is 5.75 Å². The van der Waals surface area contributed by atoms with Crippen LogP contribution in [0.4, 0.5) is 11.6 Å². The first-order valence-corrected chi connectivity index (χ1v) is 10.2. The van der Waals surface area contributed by atoms with Gasteiger partial charge in [-0.1, -0.05) is 12.1 Å². The van der Waals surface area contributed by atoms with Crippen LogP contribution in [-0.2, 0) is 0 Å². The zero-order valence-corrected chi connectivity index (χ0v) is 16.8. The van der Waals surface area contributed by atoms with Crippen molar-refractivity contribution in [1.29, 1.82) is 0 Å². The predicted molar refractivity (Wildman–Crippen MR) is 112 cm³/mol. The molecule has 0 saturated carbocycles. The molecule has 2 fully saturated rings. The molecule has 8 nitrogen and oxygen atoms in total. The average Bonchev–Trinajstić information content (AvgIpc) is 2.79. The molecule has 4 rings (SSSR count). The van der Waals surface area contributed by atoms with Gasteiger partial charge < -0.3 is 19.4 Å². The number of nitrogens with zero attached hydrogens (tertiary/aromatic N) is 4. The number of methoxy groups -OCH3 is 1. The van der Waals surface area contributed by atoms with Crippen LogP contribution in [0.5, 0.6) is 5.75 Å². The first kappa shape index (κ1) is 19.3. The molecule has 3 heterocycles. The monoisotopic (exact) mass is 397 g/mol. The van der Waals surface area contributed by atoms with E-state index in [4.69, 9.17) is 4.74 Å². The Bertz CT molecular complexity index is 915. The number of para-hydroxylation sites is 2. The van der Waals surface area contributed by atoms with Crippen LogP contribution in [0, 0.1) is 0 Å². The molecule has 2 aliphatic heterocycles. The molecule has 1 amide bonds. The number of hydrogen-bond donors (Lipinski definition) is 1. The van der Waals surface area contributed by atoms with E-state index in [1.165, 1.54) is 6.20 Å². The fourth-order valence-corrected chi connectivity index (χ4v) is 4.02. The molecule has 8 heteroatoms. The molecule has 1 N–H and O–H groups in total. The van der Waals surface area contributed by atoms with Gasteiger partial charge in [0.2, 0.25) is 5.95 Å². The van der Waals surface area contributed by atoms with E-state index in [0.29, 0.717) is 19.0 Å². The molecule has 0 radical (unpaired) electrons. The van der Waals surface area contributed by atoms with Gasteiger partial charge >= 0.3 is 0 Å². The van der Waals surface area contributed by atoms with Crippen molar-refractivity contribution in [1.82, 2.24) is 14.9 Å². The maximum atomic E-state index is 12.6. The molecule has 0 bridgehead atoms. The molecule has 1 aromatic carbocycles. The number of likely N-dealkylation sites (tertiary alicyclic amines) is 1. The van der Waals surface area contributed by atoms with E-state index in [1.54, 1.807) is 12.0 Å². The number of hydrogen-bond acceptors (Lipinski definition) is 6. The number of piperidine rings is 1. The molecule has 0 aliphatic carbocycles. The Labute approximate surface area is 170 Å². The summed E-state index contributed by atoms with van der Waals surface area (Å²) < 4.78 is 5.46. The summed E-state index contributed by atoms with van der Waals surface area (Å²) in [5, 5.41) is 0. The molecule has 2 saturated heterocycles. The van der Waals surface area contributed by atoms with E-state index in [-0.39, 0.29) is 17.0 Å². The zero-order valence-electron chi connectivity index (χ0n) is 16.8. The summed E-state index contributed by atoms with van der Waals surface area (Å²) in [5.41, 5.74) is 0.833. The lowest BCUT2D eigenvalue weighted by Gasteiger charge is -2.36. The smallest absolute Gasteiger partial charge is 0.265 e. The quantitative estimate of drug-likeness (QED) is 0.846. The fourth-order valence-electron chi connectivity index (χ4n) is 4.02. The van der Waals surface area contributed by atoms with Gasteiger partial charge in [0.15, 0.2) is 0 Å². The van der Waals surface area contributed by atoms with E-state index in [1.807, 2.05) is 23.1 Å². The van der Waals surface area contributed by atoms with E-state index in [2.05, 4.69) is 20.9 Å². The van der Waals surface area contributed by atoms with E-state index in [9.17, 15) is 9.59 Å². The lowest BCUT2D eigenvalue weighted by molar-refractivity contribution is 0.0722. The fraction of sp³-hybridized carbons (Fsp3) is 0.476. The van der Waals surface area contributed by atoms with Crippen molar-refractivity contribution < 1.29 is 9.53 Å². The molecule has 0 atom stereocenters. The third-order valence-corrected chi connectivity index (χ3v) is 5.66. The number of anilines is 2. The van der Waals surface area contributed by atoms with E-state index >= 15 is 0 Å². The van der Waals surface area contributed by atoms with Crippen LogP contribution in [0.15, 0.2) is 35.3 Å². The number of piperazine rings is 1. The number of nitrogens with one attached hydrogen (secondary N) is 1. The van der Waals surface area contributed by atoms with Crippen LogP contribution in [0.3, 0.4) is 0 Å². The largest absolute Gasteiger partial charge is 0.495 e. The first-order valence-electron chi connectivity index (χ1n) is 10.2. The number of carbonyl (C=O) groups excluding carboxylic acids is 1. The molecule has 29 heavy (non-hydrogen) atoms. The summed E-state index contributed by atoms with van der Waals surface area (Å²) in [4.78, 5) is 38.4. The lowest BCUT2D eigenvalue weighted by Crippen LogP contribution is -2.47. The number of carbonyl (C=O) groups is 1. The minimum atomic E-state index is -0.363. The number of ether oxygens (including phenoxy) is 1.